The molecule has 0 unspecified atom stereocenters. The fraction of sp³-hybridized carbons (Fsp3) is 0.267. The Hall–Kier alpha value is -2.21. The van der Waals surface area contributed by atoms with Gasteiger partial charge in [0.2, 0.25) is 5.13 Å². The van der Waals surface area contributed by atoms with E-state index >= 15 is 0 Å². The first-order valence-electron chi connectivity index (χ1n) is 6.95. The highest BCUT2D eigenvalue weighted by atomic mass is 32.1. The van der Waals surface area contributed by atoms with Crippen LogP contribution >= 0.6 is 11.3 Å². The van der Waals surface area contributed by atoms with E-state index in [-0.39, 0.29) is 0 Å². The molecule has 6 heteroatoms. The minimum absolute atomic E-state index is 0.715. The van der Waals surface area contributed by atoms with Gasteiger partial charge in [0, 0.05) is 18.3 Å². The summed E-state index contributed by atoms with van der Waals surface area (Å²) < 4.78 is 1.95. The second kappa shape index (κ2) is 6.49. The Morgan fingerprint density at radius 2 is 2.00 bits per heavy atom. The summed E-state index contributed by atoms with van der Waals surface area (Å²) in [6.07, 6.45) is 4.87. The van der Waals surface area contributed by atoms with Crippen molar-refractivity contribution in [2.45, 2.75) is 26.4 Å². The van der Waals surface area contributed by atoms with E-state index in [1.807, 2.05) is 29.1 Å². The maximum atomic E-state index is 4.39. The minimum atomic E-state index is 0.715. The van der Waals surface area contributed by atoms with Crippen molar-refractivity contribution in [2.75, 3.05) is 5.32 Å². The average molecular weight is 299 g/mol. The molecule has 108 valence electrons. The van der Waals surface area contributed by atoms with Crippen LogP contribution in [0.5, 0.6) is 0 Å². The molecule has 0 saturated carbocycles. The monoisotopic (exact) mass is 299 g/mol. The van der Waals surface area contributed by atoms with Crippen LogP contribution in [0.1, 0.15) is 23.1 Å². The molecule has 0 amide bonds. The zero-order valence-corrected chi connectivity index (χ0v) is 12.7. The second-order valence-electron chi connectivity index (χ2n) is 4.74. The Labute approximate surface area is 127 Å². The van der Waals surface area contributed by atoms with Gasteiger partial charge in [-0.1, -0.05) is 48.6 Å². The summed E-state index contributed by atoms with van der Waals surface area (Å²) in [5, 5.41) is 17.8. The van der Waals surface area contributed by atoms with Crippen LogP contribution in [0.25, 0.3) is 0 Å². The van der Waals surface area contributed by atoms with Gasteiger partial charge >= 0.3 is 0 Å². The summed E-state index contributed by atoms with van der Waals surface area (Å²) in [4.78, 5) is 0. The van der Waals surface area contributed by atoms with Gasteiger partial charge in [-0.3, -0.25) is 4.68 Å². The summed E-state index contributed by atoms with van der Waals surface area (Å²) in [5.74, 6) is 0. The van der Waals surface area contributed by atoms with Gasteiger partial charge in [-0.05, 0) is 12.0 Å². The number of nitrogens with one attached hydrogen (secondary N) is 1. The molecule has 5 nitrogen and oxygen atoms in total. The van der Waals surface area contributed by atoms with Crippen molar-refractivity contribution >= 4 is 16.5 Å². The summed E-state index contributed by atoms with van der Waals surface area (Å²) in [7, 11) is 0. The van der Waals surface area contributed by atoms with Gasteiger partial charge in [-0.15, -0.1) is 10.2 Å². The van der Waals surface area contributed by atoms with Gasteiger partial charge < -0.3 is 5.32 Å². The molecule has 0 fully saturated rings. The highest BCUT2D eigenvalue weighted by Crippen LogP contribution is 2.16. The third-order valence-electron chi connectivity index (χ3n) is 3.09. The molecule has 0 spiro atoms. The highest BCUT2D eigenvalue weighted by Gasteiger charge is 2.03. The molecule has 0 radical (unpaired) electrons. The minimum Gasteiger partial charge on any atom is -0.356 e. The lowest BCUT2D eigenvalue weighted by Gasteiger charge is -2.01. The summed E-state index contributed by atoms with van der Waals surface area (Å²) in [5.41, 5.74) is 2.39. The zero-order valence-electron chi connectivity index (χ0n) is 11.9. The van der Waals surface area contributed by atoms with Crippen molar-refractivity contribution < 1.29 is 0 Å². The van der Waals surface area contributed by atoms with Crippen LogP contribution in [0, 0.1) is 0 Å². The molecular formula is C15H17N5S. The van der Waals surface area contributed by atoms with Crippen molar-refractivity contribution in [3.05, 3.63) is 58.9 Å². The van der Waals surface area contributed by atoms with Crippen molar-refractivity contribution in [2.24, 2.45) is 0 Å². The molecule has 2 aromatic heterocycles. The van der Waals surface area contributed by atoms with Gasteiger partial charge in [-0.25, -0.2) is 0 Å². The number of aryl methyl sites for hydroxylation is 1. The third kappa shape index (κ3) is 3.66. The van der Waals surface area contributed by atoms with Crippen molar-refractivity contribution in [1.29, 1.82) is 0 Å². The Balaban J connectivity index is 1.57. The quantitative estimate of drug-likeness (QED) is 0.760. The van der Waals surface area contributed by atoms with E-state index < -0.39 is 0 Å². The largest absolute Gasteiger partial charge is 0.356 e. The fourth-order valence-corrected chi connectivity index (χ4v) is 2.68. The van der Waals surface area contributed by atoms with E-state index in [1.165, 1.54) is 5.56 Å². The Morgan fingerprint density at radius 1 is 1.14 bits per heavy atom. The lowest BCUT2D eigenvalue weighted by molar-refractivity contribution is 0.686. The van der Waals surface area contributed by atoms with Crippen LogP contribution in [0.15, 0.2) is 42.7 Å². The van der Waals surface area contributed by atoms with E-state index in [0.717, 1.165) is 28.7 Å². The number of nitrogens with zero attached hydrogens (tertiary/aromatic N) is 4. The first-order chi connectivity index (χ1) is 10.3. The molecule has 1 N–H and O–H groups in total. The molecule has 0 aliphatic heterocycles. The molecule has 1 aromatic carbocycles. The number of rotatable bonds is 6. The fourth-order valence-electron chi connectivity index (χ4n) is 2.00. The number of benzene rings is 1. The van der Waals surface area contributed by atoms with Crippen LogP contribution in [0.3, 0.4) is 0 Å². The number of anilines is 1. The number of hydrogen-bond donors (Lipinski definition) is 1. The normalized spacial score (nSPS) is 10.7. The summed E-state index contributed by atoms with van der Waals surface area (Å²) in [6, 6.07) is 10.3. The maximum Gasteiger partial charge on any atom is 0.205 e. The smallest absolute Gasteiger partial charge is 0.205 e. The van der Waals surface area contributed by atoms with Gasteiger partial charge in [0.05, 0.1) is 12.7 Å². The number of hydrogen-bond acceptors (Lipinski definition) is 5. The standard InChI is InChI=1S/C15H17N5S/c1-2-14-18-19-15(21-14)16-8-13-9-17-20(11-13)10-12-6-4-3-5-7-12/h3-7,9,11H,2,8,10H2,1H3,(H,16,19). The van der Waals surface area contributed by atoms with E-state index in [2.05, 4.69) is 45.9 Å². The maximum absolute atomic E-state index is 4.39. The van der Waals surface area contributed by atoms with Crippen LogP contribution in [0.2, 0.25) is 0 Å². The van der Waals surface area contributed by atoms with Crippen LogP contribution < -0.4 is 5.32 Å². The molecule has 21 heavy (non-hydrogen) atoms. The van der Waals surface area contributed by atoms with Gasteiger partial charge in [-0.2, -0.15) is 5.10 Å². The van der Waals surface area contributed by atoms with Crippen molar-refractivity contribution in [1.82, 2.24) is 20.0 Å². The van der Waals surface area contributed by atoms with Crippen LogP contribution in [-0.2, 0) is 19.5 Å². The molecule has 0 atom stereocenters. The zero-order chi connectivity index (χ0) is 14.5. The SMILES string of the molecule is CCc1nnc(NCc2cnn(Cc3ccccc3)c2)s1. The molecule has 2 heterocycles. The van der Waals surface area contributed by atoms with E-state index in [0.29, 0.717) is 6.54 Å². The first kappa shape index (κ1) is 13.8. The summed E-state index contributed by atoms with van der Waals surface area (Å²) >= 11 is 1.60. The predicted molar refractivity (Wildman–Crippen MR) is 84.4 cm³/mol. The lowest BCUT2D eigenvalue weighted by Crippen LogP contribution is -2.00. The molecule has 3 aromatic rings. The van der Waals surface area contributed by atoms with Crippen molar-refractivity contribution in [3.63, 3.8) is 0 Å². The van der Waals surface area contributed by atoms with Gasteiger partial charge in [0.25, 0.3) is 0 Å². The molecule has 0 saturated heterocycles. The molecule has 0 aliphatic rings. The lowest BCUT2D eigenvalue weighted by atomic mass is 10.2. The van der Waals surface area contributed by atoms with Gasteiger partial charge in [0.1, 0.15) is 5.01 Å². The predicted octanol–water partition coefficient (Wildman–Crippen LogP) is 2.96. The molecule has 0 aliphatic carbocycles. The van der Waals surface area contributed by atoms with E-state index in [9.17, 15) is 0 Å². The first-order valence-corrected chi connectivity index (χ1v) is 7.76. The average Bonchev–Trinajstić information content (AvgIpc) is 3.15. The Morgan fingerprint density at radius 3 is 2.76 bits per heavy atom. The van der Waals surface area contributed by atoms with Gasteiger partial charge in [0.15, 0.2) is 0 Å². The van der Waals surface area contributed by atoms with Crippen LogP contribution in [0.4, 0.5) is 5.13 Å². The highest BCUT2D eigenvalue weighted by molar-refractivity contribution is 7.15. The number of aromatic nitrogens is 4. The topological polar surface area (TPSA) is 55.6 Å². The van der Waals surface area contributed by atoms with Crippen LogP contribution in [-0.4, -0.2) is 20.0 Å². The molecule has 0 bridgehead atoms. The van der Waals surface area contributed by atoms with Crippen molar-refractivity contribution in [3.8, 4) is 0 Å². The molecular weight excluding hydrogens is 282 g/mol. The second-order valence-corrected chi connectivity index (χ2v) is 5.80. The van der Waals surface area contributed by atoms with E-state index in [1.54, 1.807) is 11.3 Å². The Kier molecular flexibility index (Phi) is 4.25. The van der Waals surface area contributed by atoms with E-state index in [4.69, 9.17) is 0 Å². The third-order valence-corrected chi connectivity index (χ3v) is 4.11. The summed E-state index contributed by atoms with van der Waals surface area (Å²) in [6.45, 7) is 3.59. The Bertz CT molecular complexity index is 689. The molecule has 3 rings (SSSR count).